The lowest BCUT2D eigenvalue weighted by Crippen LogP contribution is -2.22. The van der Waals surface area contributed by atoms with Crippen molar-refractivity contribution in [3.8, 4) is 0 Å². The van der Waals surface area contributed by atoms with Gasteiger partial charge in [-0.3, -0.25) is 4.79 Å². The molecule has 2 rings (SSSR count). The number of nitrogens with one attached hydrogen (secondary N) is 1. The Balaban J connectivity index is 1.96. The first-order valence-electron chi connectivity index (χ1n) is 6.34. The Hall–Kier alpha value is -2.67. The lowest BCUT2D eigenvalue weighted by atomic mass is 10.2. The molecular formula is C15H11ClF2N2O3. The van der Waals surface area contributed by atoms with Crippen LogP contribution in [-0.2, 0) is 9.53 Å². The molecule has 0 saturated carbocycles. The van der Waals surface area contributed by atoms with Gasteiger partial charge in [-0.2, -0.15) is 0 Å². The predicted molar refractivity (Wildman–Crippen MR) is 81.1 cm³/mol. The molecule has 120 valence electrons. The number of carbonyl (C=O) groups is 2. The summed E-state index contributed by atoms with van der Waals surface area (Å²) in [5, 5.41) is 2.44. The Kier molecular flexibility index (Phi) is 5.13. The molecule has 0 aliphatic rings. The summed E-state index contributed by atoms with van der Waals surface area (Å²) in [7, 11) is 0. The zero-order chi connectivity index (χ0) is 17.0. The van der Waals surface area contributed by atoms with Gasteiger partial charge >= 0.3 is 5.97 Å². The largest absolute Gasteiger partial charge is 0.452 e. The summed E-state index contributed by atoms with van der Waals surface area (Å²) in [5.41, 5.74) is 5.54. The van der Waals surface area contributed by atoms with Crippen molar-refractivity contribution in [2.75, 3.05) is 17.7 Å². The van der Waals surface area contributed by atoms with E-state index >= 15 is 0 Å². The van der Waals surface area contributed by atoms with Gasteiger partial charge in [-0.1, -0.05) is 11.6 Å². The zero-order valence-corrected chi connectivity index (χ0v) is 12.4. The van der Waals surface area contributed by atoms with Crippen LogP contribution >= 0.6 is 11.6 Å². The normalized spacial score (nSPS) is 10.2. The lowest BCUT2D eigenvalue weighted by molar-refractivity contribution is -0.119. The Morgan fingerprint density at radius 2 is 1.91 bits per heavy atom. The van der Waals surface area contributed by atoms with E-state index in [1.54, 1.807) is 0 Å². The van der Waals surface area contributed by atoms with E-state index in [0.29, 0.717) is 6.07 Å². The number of esters is 1. The highest BCUT2D eigenvalue weighted by Gasteiger charge is 2.15. The fraction of sp³-hybridized carbons (Fsp3) is 0.0667. The molecular weight excluding hydrogens is 330 g/mol. The van der Waals surface area contributed by atoms with Crippen molar-refractivity contribution in [2.45, 2.75) is 0 Å². The predicted octanol–water partition coefficient (Wildman–Crippen LogP) is 3.00. The fourth-order valence-corrected chi connectivity index (χ4v) is 1.86. The van der Waals surface area contributed by atoms with Crippen LogP contribution in [0.1, 0.15) is 10.4 Å². The van der Waals surface area contributed by atoms with Crippen molar-refractivity contribution < 1.29 is 23.1 Å². The third kappa shape index (κ3) is 4.40. The molecule has 0 aliphatic heterocycles. The van der Waals surface area contributed by atoms with E-state index in [4.69, 9.17) is 22.1 Å². The first-order chi connectivity index (χ1) is 10.9. The van der Waals surface area contributed by atoms with Gasteiger partial charge in [-0.25, -0.2) is 13.6 Å². The van der Waals surface area contributed by atoms with Crippen molar-refractivity contribution >= 4 is 34.9 Å². The molecule has 23 heavy (non-hydrogen) atoms. The number of halogens is 3. The monoisotopic (exact) mass is 340 g/mol. The van der Waals surface area contributed by atoms with Crippen LogP contribution in [0.25, 0.3) is 0 Å². The molecule has 0 unspecified atom stereocenters. The van der Waals surface area contributed by atoms with Gasteiger partial charge in [0.15, 0.2) is 6.61 Å². The van der Waals surface area contributed by atoms with Crippen LogP contribution in [0.4, 0.5) is 20.2 Å². The van der Waals surface area contributed by atoms with Crippen molar-refractivity contribution in [2.24, 2.45) is 0 Å². The maximum Gasteiger partial charge on any atom is 0.340 e. The molecule has 3 N–H and O–H groups in total. The summed E-state index contributed by atoms with van der Waals surface area (Å²) >= 11 is 5.75. The smallest absolute Gasteiger partial charge is 0.340 e. The summed E-state index contributed by atoms with van der Waals surface area (Å²) in [6.45, 7) is -0.665. The molecule has 0 atom stereocenters. The maximum atomic E-state index is 13.4. The van der Waals surface area contributed by atoms with Crippen LogP contribution < -0.4 is 11.1 Å². The molecule has 2 aromatic carbocycles. The Morgan fingerprint density at radius 3 is 2.61 bits per heavy atom. The first kappa shape index (κ1) is 16.7. The van der Waals surface area contributed by atoms with Crippen molar-refractivity contribution in [3.63, 3.8) is 0 Å². The molecule has 2 aromatic rings. The number of carbonyl (C=O) groups excluding carboxylic acids is 2. The van der Waals surface area contributed by atoms with E-state index in [9.17, 15) is 18.4 Å². The zero-order valence-electron chi connectivity index (χ0n) is 11.6. The molecule has 5 nitrogen and oxygen atoms in total. The highest BCUT2D eigenvalue weighted by Crippen LogP contribution is 2.19. The number of benzene rings is 2. The molecule has 0 aliphatic carbocycles. The topological polar surface area (TPSA) is 81.4 Å². The second-order valence-electron chi connectivity index (χ2n) is 4.48. The third-order valence-corrected chi connectivity index (χ3v) is 3.01. The van der Waals surface area contributed by atoms with E-state index < -0.39 is 30.1 Å². The molecule has 0 heterocycles. The van der Waals surface area contributed by atoms with E-state index in [1.165, 1.54) is 18.2 Å². The lowest BCUT2D eigenvalue weighted by Gasteiger charge is -2.09. The number of nitrogens with two attached hydrogens (primary N) is 1. The molecule has 0 aromatic heterocycles. The third-order valence-electron chi connectivity index (χ3n) is 2.77. The summed E-state index contributed by atoms with van der Waals surface area (Å²) < 4.78 is 30.9. The molecule has 8 heteroatoms. The summed E-state index contributed by atoms with van der Waals surface area (Å²) in [6, 6.07) is 6.88. The minimum absolute atomic E-state index is 0.0123. The summed E-state index contributed by atoms with van der Waals surface area (Å²) in [6.07, 6.45) is 0. The molecule has 0 saturated heterocycles. The van der Waals surface area contributed by atoms with Crippen LogP contribution in [-0.4, -0.2) is 18.5 Å². The second kappa shape index (κ2) is 7.06. The summed E-state index contributed by atoms with van der Waals surface area (Å²) in [4.78, 5) is 23.5. The van der Waals surface area contributed by atoms with Gasteiger partial charge in [-0.15, -0.1) is 0 Å². The van der Waals surface area contributed by atoms with Crippen LogP contribution in [0.5, 0.6) is 0 Å². The number of hydrogen-bond acceptors (Lipinski definition) is 4. The molecule has 0 bridgehead atoms. The van der Waals surface area contributed by atoms with Crippen LogP contribution in [0.15, 0.2) is 36.4 Å². The van der Waals surface area contributed by atoms with Crippen molar-refractivity contribution in [3.05, 3.63) is 58.6 Å². The van der Waals surface area contributed by atoms with Gasteiger partial charge in [0.1, 0.15) is 11.6 Å². The minimum Gasteiger partial charge on any atom is -0.452 e. The SMILES string of the molecule is Nc1ccc(Cl)cc1C(=O)OCC(=O)Nc1ccc(F)cc1F. The average molecular weight is 341 g/mol. The maximum absolute atomic E-state index is 13.4. The van der Waals surface area contributed by atoms with Gasteiger partial charge in [0.2, 0.25) is 0 Å². The number of rotatable bonds is 4. The second-order valence-corrected chi connectivity index (χ2v) is 4.92. The first-order valence-corrected chi connectivity index (χ1v) is 6.71. The molecule has 1 amide bonds. The van der Waals surface area contributed by atoms with Gasteiger partial charge in [-0.05, 0) is 30.3 Å². The number of nitrogen functional groups attached to an aromatic ring is 1. The van der Waals surface area contributed by atoms with E-state index in [2.05, 4.69) is 5.32 Å². The van der Waals surface area contributed by atoms with E-state index in [1.807, 2.05) is 0 Å². The fourth-order valence-electron chi connectivity index (χ4n) is 1.69. The Bertz CT molecular complexity index is 768. The average Bonchev–Trinajstić information content (AvgIpc) is 2.50. The Labute approximate surface area is 135 Å². The van der Waals surface area contributed by atoms with Crippen LogP contribution in [0.3, 0.4) is 0 Å². The minimum atomic E-state index is -0.941. The number of ether oxygens (including phenoxy) is 1. The van der Waals surface area contributed by atoms with Gasteiger partial charge in [0.05, 0.1) is 11.3 Å². The van der Waals surface area contributed by atoms with Gasteiger partial charge in [0.25, 0.3) is 5.91 Å². The highest BCUT2D eigenvalue weighted by atomic mass is 35.5. The quantitative estimate of drug-likeness (QED) is 0.662. The van der Waals surface area contributed by atoms with Gasteiger partial charge in [0, 0.05) is 16.8 Å². The standard InChI is InChI=1S/C15H11ClF2N2O3/c16-8-1-3-12(19)10(5-8)15(22)23-7-14(21)20-13-4-2-9(17)6-11(13)18/h1-6H,7,19H2,(H,20,21). The molecule has 0 spiro atoms. The number of amides is 1. The van der Waals surface area contributed by atoms with Crippen molar-refractivity contribution in [1.82, 2.24) is 0 Å². The van der Waals surface area contributed by atoms with Crippen molar-refractivity contribution in [1.29, 1.82) is 0 Å². The number of anilines is 2. The van der Waals surface area contributed by atoms with Gasteiger partial charge < -0.3 is 15.8 Å². The molecule has 0 fully saturated rings. The highest BCUT2D eigenvalue weighted by molar-refractivity contribution is 6.31. The van der Waals surface area contributed by atoms with Crippen LogP contribution in [0, 0.1) is 11.6 Å². The summed E-state index contributed by atoms with van der Waals surface area (Å²) in [5.74, 6) is -3.35. The Morgan fingerprint density at radius 1 is 1.17 bits per heavy atom. The number of hydrogen-bond donors (Lipinski definition) is 2. The van der Waals surface area contributed by atoms with Crippen LogP contribution in [0.2, 0.25) is 5.02 Å². The van der Waals surface area contributed by atoms with E-state index in [0.717, 1.165) is 12.1 Å². The van der Waals surface area contributed by atoms with E-state index in [-0.39, 0.29) is 22.0 Å². The molecule has 0 radical (unpaired) electrons.